The normalized spacial score (nSPS) is 12.1. The highest BCUT2D eigenvalue weighted by Crippen LogP contribution is 2.30. The van der Waals surface area contributed by atoms with Crippen molar-refractivity contribution in [1.29, 1.82) is 0 Å². The van der Waals surface area contributed by atoms with E-state index in [0.29, 0.717) is 40.4 Å². The Labute approximate surface area is 271 Å². The molecule has 0 aliphatic heterocycles. The Hall–Kier alpha value is -5.01. The lowest BCUT2D eigenvalue weighted by molar-refractivity contribution is 0.0721. The SMILES string of the molecule is CN(C)CC(C)(C)Oc1cnc(Nc2cc(-c3cccc(-n4ncc5cc(C(C)(C)C)cc(F)c5c4=O)c3CO)nn(C)c2=O)cn1. The largest absolute Gasteiger partial charge is 0.469 e. The Bertz CT molecular complexity index is 2070. The molecule has 0 saturated carbocycles. The molecule has 5 rings (SSSR count). The quantitative estimate of drug-likeness (QED) is 0.239. The van der Waals surface area contributed by atoms with Crippen LogP contribution in [0.4, 0.5) is 15.9 Å². The van der Waals surface area contributed by atoms with Gasteiger partial charge in [0, 0.05) is 30.1 Å². The van der Waals surface area contributed by atoms with Crippen LogP contribution in [0.15, 0.2) is 64.6 Å². The summed E-state index contributed by atoms with van der Waals surface area (Å²) in [5, 5.41) is 22.6. The van der Waals surface area contributed by atoms with Crippen molar-refractivity contribution in [2.45, 2.75) is 52.2 Å². The molecule has 0 aliphatic rings. The minimum absolute atomic E-state index is 0.104. The summed E-state index contributed by atoms with van der Waals surface area (Å²) in [7, 11) is 5.41. The molecule has 47 heavy (non-hydrogen) atoms. The first-order valence-corrected chi connectivity index (χ1v) is 15.0. The zero-order valence-corrected chi connectivity index (χ0v) is 27.8. The van der Waals surface area contributed by atoms with Crippen LogP contribution < -0.4 is 21.2 Å². The standard InChI is InChI=1S/C34H39FN8O4/c1-33(2,3)21-12-20-15-38-43(32(46)30(20)24(35)13-21)27-11-9-10-22(23(27)18-44)25-14-26(31(45)42(8)40-25)39-28-16-37-29(17-36-28)47-34(4,5)19-41(6)7/h9-17,44H,18-19H2,1-8H3,(H,36,39). The number of hydrogen-bond acceptors (Lipinski definition) is 10. The average molecular weight is 643 g/mol. The van der Waals surface area contributed by atoms with Gasteiger partial charge in [-0.2, -0.15) is 14.9 Å². The summed E-state index contributed by atoms with van der Waals surface area (Å²) >= 11 is 0. The second-order valence-corrected chi connectivity index (χ2v) is 13.3. The molecule has 0 amide bonds. The second-order valence-electron chi connectivity index (χ2n) is 13.3. The van der Waals surface area contributed by atoms with Crippen LogP contribution in [0.5, 0.6) is 5.88 Å². The number of aliphatic hydroxyl groups is 1. The van der Waals surface area contributed by atoms with Gasteiger partial charge >= 0.3 is 0 Å². The van der Waals surface area contributed by atoms with E-state index >= 15 is 4.39 Å². The number of benzene rings is 2. The van der Waals surface area contributed by atoms with E-state index in [0.717, 1.165) is 14.9 Å². The Kier molecular flexibility index (Phi) is 8.98. The molecule has 0 atom stereocenters. The van der Waals surface area contributed by atoms with Crippen LogP contribution in [0.3, 0.4) is 0 Å². The van der Waals surface area contributed by atoms with Gasteiger partial charge in [-0.15, -0.1) is 0 Å². The highest BCUT2D eigenvalue weighted by Gasteiger charge is 2.23. The van der Waals surface area contributed by atoms with E-state index in [1.807, 2.05) is 53.6 Å². The third-order valence-corrected chi connectivity index (χ3v) is 7.55. The average Bonchev–Trinajstić information content (AvgIpc) is 2.98. The topological polar surface area (TPSA) is 140 Å². The number of nitrogens with zero attached hydrogens (tertiary/aromatic N) is 7. The first-order valence-electron chi connectivity index (χ1n) is 15.0. The fraction of sp³-hybridized carbons (Fsp3) is 0.353. The van der Waals surface area contributed by atoms with Crippen molar-refractivity contribution in [2.24, 2.45) is 7.05 Å². The fourth-order valence-corrected chi connectivity index (χ4v) is 5.50. The molecule has 0 unspecified atom stereocenters. The van der Waals surface area contributed by atoms with Crippen molar-refractivity contribution in [3.63, 3.8) is 0 Å². The van der Waals surface area contributed by atoms with Crippen molar-refractivity contribution < 1.29 is 14.2 Å². The van der Waals surface area contributed by atoms with Gasteiger partial charge in [-0.25, -0.2) is 19.0 Å². The maximum absolute atomic E-state index is 15.3. The first-order chi connectivity index (χ1) is 22.1. The van der Waals surface area contributed by atoms with Crippen LogP contribution >= 0.6 is 0 Å². The van der Waals surface area contributed by atoms with Crippen molar-refractivity contribution in [3.05, 3.63) is 92.6 Å². The molecular formula is C34H39FN8O4. The maximum Gasteiger partial charge on any atom is 0.290 e. The summed E-state index contributed by atoms with van der Waals surface area (Å²) in [6, 6.07) is 9.64. The monoisotopic (exact) mass is 642 g/mol. The Morgan fingerprint density at radius 1 is 1.00 bits per heavy atom. The molecule has 0 aliphatic carbocycles. The van der Waals surface area contributed by atoms with Gasteiger partial charge in [-0.05, 0) is 63.2 Å². The van der Waals surface area contributed by atoms with Crippen LogP contribution in [0.25, 0.3) is 27.7 Å². The molecule has 0 fully saturated rings. The van der Waals surface area contributed by atoms with Crippen LogP contribution in [-0.2, 0) is 19.1 Å². The lowest BCUT2D eigenvalue weighted by Gasteiger charge is -2.28. The Morgan fingerprint density at radius 2 is 1.74 bits per heavy atom. The maximum atomic E-state index is 15.3. The highest BCUT2D eigenvalue weighted by atomic mass is 19.1. The number of ether oxygens (including phenoxy) is 1. The van der Waals surface area contributed by atoms with Gasteiger partial charge in [-0.1, -0.05) is 32.9 Å². The molecule has 13 heteroatoms. The first kappa shape index (κ1) is 33.4. The molecule has 0 radical (unpaired) electrons. The van der Waals surface area contributed by atoms with Crippen LogP contribution in [-0.4, -0.2) is 65.8 Å². The number of nitrogens with one attached hydrogen (secondary N) is 1. The molecular weight excluding hydrogens is 603 g/mol. The highest BCUT2D eigenvalue weighted by molar-refractivity contribution is 5.83. The van der Waals surface area contributed by atoms with Gasteiger partial charge in [0.25, 0.3) is 11.1 Å². The number of halogens is 1. The molecule has 246 valence electrons. The predicted molar refractivity (Wildman–Crippen MR) is 179 cm³/mol. The number of likely N-dealkylation sites (N-methyl/N-ethyl adjacent to an activating group) is 1. The zero-order chi connectivity index (χ0) is 34.3. The van der Waals surface area contributed by atoms with Gasteiger partial charge in [-0.3, -0.25) is 9.59 Å². The molecule has 2 N–H and O–H groups in total. The van der Waals surface area contributed by atoms with Gasteiger partial charge in [0.2, 0.25) is 5.88 Å². The summed E-state index contributed by atoms with van der Waals surface area (Å²) in [6.07, 6.45) is 4.37. The molecule has 5 aromatic rings. The van der Waals surface area contributed by atoms with Gasteiger partial charge < -0.3 is 20.1 Å². The third kappa shape index (κ3) is 7.05. The fourth-order valence-electron chi connectivity index (χ4n) is 5.50. The number of rotatable bonds is 9. The van der Waals surface area contributed by atoms with Crippen LogP contribution in [0.2, 0.25) is 0 Å². The molecule has 0 spiro atoms. The molecule has 3 aromatic heterocycles. The Balaban J connectivity index is 1.52. The van der Waals surface area contributed by atoms with E-state index in [1.54, 1.807) is 24.3 Å². The lowest BCUT2D eigenvalue weighted by atomic mass is 9.86. The number of aliphatic hydroxyl groups excluding tert-OH is 1. The summed E-state index contributed by atoms with van der Waals surface area (Å²) in [5.74, 6) is -0.00964. The van der Waals surface area contributed by atoms with E-state index in [2.05, 4.69) is 25.5 Å². The number of fused-ring (bicyclic) bond motifs is 1. The van der Waals surface area contributed by atoms with E-state index in [1.165, 1.54) is 37.8 Å². The van der Waals surface area contributed by atoms with Gasteiger partial charge in [0.05, 0.1) is 42.0 Å². The summed E-state index contributed by atoms with van der Waals surface area (Å²) in [4.78, 5) is 37.4. The predicted octanol–water partition coefficient (Wildman–Crippen LogP) is 4.33. The molecule has 2 aromatic carbocycles. The minimum atomic E-state index is -0.667. The zero-order valence-electron chi connectivity index (χ0n) is 27.8. The second kappa shape index (κ2) is 12.6. The van der Waals surface area contributed by atoms with E-state index in [9.17, 15) is 14.7 Å². The lowest BCUT2D eigenvalue weighted by Crippen LogP contribution is -2.39. The van der Waals surface area contributed by atoms with E-state index in [-0.39, 0.29) is 22.2 Å². The van der Waals surface area contributed by atoms with Crippen LogP contribution in [0, 0.1) is 5.82 Å². The van der Waals surface area contributed by atoms with Crippen molar-refractivity contribution in [1.82, 2.24) is 34.4 Å². The third-order valence-electron chi connectivity index (χ3n) is 7.55. The minimum Gasteiger partial charge on any atom is -0.469 e. The number of aromatic nitrogens is 6. The molecule has 0 saturated heterocycles. The summed E-state index contributed by atoms with van der Waals surface area (Å²) in [6.45, 7) is 9.96. The number of anilines is 2. The van der Waals surface area contributed by atoms with Gasteiger partial charge in [0.1, 0.15) is 22.9 Å². The molecule has 12 nitrogen and oxygen atoms in total. The summed E-state index contributed by atoms with van der Waals surface area (Å²) < 4.78 is 23.5. The van der Waals surface area contributed by atoms with E-state index < -0.39 is 29.1 Å². The van der Waals surface area contributed by atoms with Crippen molar-refractivity contribution in [2.75, 3.05) is 26.0 Å². The van der Waals surface area contributed by atoms with Crippen molar-refractivity contribution in [3.8, 4) is 22.8 Å². The van der Waals surface area contributed by atoms with E-state index in [4.69, 9.17) is 4.74 Å². The molecule has 3 heterocycles. The van der Waals surface area contributed by atoms with Crippen LogP contribution in [0.1, 0.15) is 45.7 Å². The number of aryl methyl sites for hydroxylation is 1. The smallest absolute Gasteiger partial charge is 0.290 e. The van der Waals surface area contributed by atoms with Gasteiger partial charge in [0.15, 0.2) is 0 Å². The summed E-state index contributed by atoms with van der Waals surface area (Å²) in [5.41, 5.74) is 0.302. The Morgan fingerprint density at radius 3 is 2.38 bits per heavy atom. The molecule has 0 bridgehead atoms. The van der Waals surface area contributed by atoms with Crippen molar-refractivity contribution >= 4 is 22.3 Å². The number of hydrogen-bond donors (Lipinski definition) is 2.